The van der Waals surface area contributed by atoms with Crippen molar-refractivity contribution in [3.63, 3.8) is 0 Å². The van der Waals surface area contributed by atoms with E-state index in [1.165, 1.54) is 54.3 Å². The van der Waals surface area contributed by atoms with Gasteiger partial charge in [0.15, 0.2) is 5.13 Å². The maximum Gasteiger partial charge on any atom is 0.437 e. The van der Waals surface area contributed by atoms with Crippen LogP contribution in [0.3, 0.4) is 0 Å². The number of hydrogen-bond donors (Lipinski definition) is 0. The number of benzene rings is 2. The summed E-state index contributed by atoms with van der Waals surface area (Å²) in [6, 6.07) is 11.3. The van der Waals surface area contributed by atoms with Crippen molar-refractivity contribution in [2.24, 2.45) is 0 Å². The summed E-state index contributed by atoms with van der Waals surface area (Å²) in [7, 11) is 0. The van der Waals surface area contributed by atoms with Gasteiger partial charge in [0.2, 0.25) is 11.8 Å². The van der Waals surface area contributed by atoms with Crippen molar-refractivity contribution in [1.82, 2.24) is 14.8 Å². The van der Waals surface area contributed by atoms with Gasteiger partial charge in [-0.3, -0.25) is 9.69 Å². The van der Waals surface area contributed by atoms with Crippen molar-refractivity contribution in [3.05, 3.63) is 81.8 Å². The molecule has 10 heteroatoms. The number of anilines is 2. The highest BCUT2D eigenvalue weighted by Crippen LogP contribution is 2.30. The van der Waals surface area contributed by atoms with E-state index in [1.807, 2.05) is 0 Å². The lowest BCUT2D eigenvalue weighted by molar-refractivity contribution is -0.115. The van der Waals surface area contributed by atoms with Crippen LogP contribution in [0.15, 0.2) is 63.1 Å². The number of halogens is 2. The van der Waals surface area contributed by atoms with E-state index in [0.29, 0.717) is 11.3 Å². The number of hydrogen-bond acceptors (Lipinski definition) is 6. The smallest absolute Gasteiger partial charge is 0.388 e. The number of carbonyl (C=O) groups is 1. The fourth-order valence-electron chi connectivity index (χ4n) is 2.78. The van der Waals surface area contributed by atoms with Gasteiger partial charge in [-0.2, -0.15) is 4.68 Å². The Labute approximate surface area is 172 Å². The largest absolute Gasteiger partial charge is 0.437 e. The van der Waals surface area contributed by atoms with Crippen LogP contribution >= 0.6 is 11.3 Å². The molecule has 2 aromatic carbocycles. The maximum absolute atomic E-state index is 14.2. The predicted molar refractivity (Wildman–Crippen MR) is 107 cm³/mol. The molecule has 0 saturated carbocycles. The molecule has 2 aromatic heterocycles. The molecular formula is C20H14F2N4O3S. The first-order chi connectivity index (χ1) is 14.4. The van der Waals surface area contributed by atoms with Gasteiger partial charge >= 0.3 is 5.76 Å². The summed E-state index contributed by atoms with van der Waals surface area (Å²) in [5, 5.41) is 6.01. The molecule has 0 aliphatic rings. The normalized spacial score (nSPS) is 10.9. The van der Waals surface area contributed by atoms with Crippen molar-refractivity contribution in [2.45, 2.75) is 13.5 Å². The van der Waals surface area contributed by atoms with E-state index in [1.54, 1.807) is 11.4 Å². The summed E-state index contributed by atoms with van der Waals surface area (Å²) in [6.07, 6.45) is 0. The number of thiazole rings is 1. The number of aromatic nitrogens is 3. The molecule has 30 heavy (non-hydrogen) atoms. The van der Waals surface area contributed by atoms with Crippen LogP contribution in [-0.2, 0) is 11.3 Å². The molecule has 1 amide bonds. The zero-order valence-corrected chi connectivity index (χ0v) is 16.4. The fraction of sp³-hybridized carbons (Fsp3) is 0.100. The topological polar surface area (TPSA) is 81.2 Å². The first-order valence-electron chi connectivity index (χ1n) is 8.76. The molecule has 2 heterocycles. The molecule has 0 fully saturated rings. The zero-order valence-electron chi connectivity index (χ0n) is 15.6. The Bertz CT molecular complexity index is 1260. The van der Waals surface area contributed by atoms with Gasteiger partial charge in [-0.25, -0.2) is 18.6 Å². The van der Waals surface area contributed by atoms with E-state index < -0.39 is 23.3 Å². The van der Waals surface area contributed by atoms with Crippen LogP contribution < -0.4 is 10.7 Å². The Hall–Kier alpha value is -3.66. The monoisotopic (exact) mass is 428 g/mol. The molecule has 152 valence electrons. The van der Waals surface area contributed by atoms with Gasteiger partial charge in [-0.05, 0) is 36.4 Å². The molecule has 0 atom stereocenters. The molecule has 0 radical (unpaired) electrons. The molecule has 0 aliphatic heterocycles. The van der Waals surface area contributed by atoms with E-state index >= 15 is 0 Å². The highest BCUT2D eigenvalue weighted by atomic mass is 32.1. The van der Waals surface area contributed by atoms with E-state index in [9.17, 15) is 18.4 Å². The molecule has 0 spiro atoms. The second-order valence-electron chi connectivity index (χ2n) is 6.26. The second-order valence-corrected chi connectivity index (χ2v) is 7.10. The Morgan fingerprint density at radius 1 is 1.17 bits per heavy atom. The van der Waals surface area contributed by atoms with Gasteiger partial charge < -0.3 is 4.42 Å². The van der Waals surface area contributed by atoms with Gasteiger partial charge in [-0.1, -0.05) is 12.1 Å². The van der Waals surface area contributed by atoms with Crippen molar-refractivity contribution >= 4 is 28.1 Å². The van der Waals surface area contributed by atoms with Crippen molar-refractivity contribution < 1.29 is 18.0 Å². The molecule has 4 rings (SSSR count). The van der Waals surface area contributed by atoms with Gasteiger partial charge in [0.1, 0.15) is 11.6 Å². The third-order valence-electron chi connectivity index (χ3n) is 4.15. The van der Waals surface area contributed by atoms with Crippen LogP contribution in [-0.4, -0.2) is 20.7 Å². The molecule has 0 bridgehead atoms. The molecule has 0 unspecified atom stereocenters. The standard InChI is InChI=1S/C20H14F2N4O3S/c1-12(27)26(17-5-3-2-4-16(17)22)19-23-15(11-30-19)10-25-20(28)29-18(24-25)13-6-8-14(21)9-7-13/h2-9,11H,10H2,1H3. The van der Waals surface area contributed by atoms with Crippen molar-refractivity contribution in [1.29, 1.82) is 0 Å². The summed E-state index contributed by atoms with van der Waals surface area (Å²) in [4.78, 5) is 29.8. The quantitative estimate of drug-likeness (QED) is 0.481. The third-order valence-corrected chi connectivity index (χ3v) is 5.02. The second kappa shape index (κ2) is 7.99. The number of para-hydroxylation sites is 1. The van der Waals surface area contributed by atoms with Crippen molar-refractivity contribution in [3.8, 4) is 11.5 Å². The number of carbonyl (C=O) groups excluding carboxylic acids is 1. The Morgan fingerprint density at radius 3 is 2.60 bits per heavy atom. The first-order valence-corrected chi connectivity index (χ1v) is 9.64. The molecular weight excluding hydrogens is 414 g/mol. The minimum atomic E-state index is -0.707. The number of amides is 1. The lowest BCUT2D eigenvalue weighted by Crippen LogP contribution is -2.24. The van der Waals surface area contributed by atoms with E-state index in [0.717, 1.165) is 16.0 Å². The highest BCUT2D eigenvalue weighted by Gasteiger charge is 2.21. The number of rotatable bonds is 5. The van der Waals surface area contributed by atoms with Crippen LogP contribution in [0.5, 0.6) is 0 Å². The van der Waals surface area contributed by atoms with Crippen LogP contribution in [0, 0.1) is 11.6 Å². The van der Waals surface area contributed by atoms with Gasteiger partial charge in [0.05, 0.1) is 17.9 Å². The Kier molecular flexibility index (Phi) is 5.23. The van der Waals surface area contributed by atoms with E-state index in [2.05, 4.69) is 10.1 Å². The van der Waals surface area contributed by atoms with Gasteiger partial charge in [0, 0.05) is 17.9 Å². The van der Waals surface area contributed by atoms with Crippen LogP contribution in [0.2, 0.25) is 0 Å². The van der Waals surface area contributed by atoms with Gasteiger partial charge in [0.25, 0.3) is 0 Å². The summed E-state index contributed by atoms with van der Waals surface area (Å²) in [5.41, 5.74) is 0.982. The van der Waals surface area contributed by atoms with Crippen LogP contribution in [0.4, 0.5) is 19.6 Å². The molecule has 7 nitrogen and oxygen atoms in total. The lowest BCUT2D eigenvalue weighted by Gasteiger charge is -2.18. The average molecular weight is 428 g/mol. The highest BCUT2D eigenvalue weighted by molar-refractivity contribution is 7.14. The van der Waals surface area contributed by atoms with Crippen molar-refractivity contribution in [2.75, 3.05) is 4.90 Å². The predicted octanol–water partition coefficient (Wildman–Crippen LogP) is 3.97. The average Bonchev–Trinajstić information content (AvgIpc) is 3.31. The van der Waals surface area contributed by atoms with E-state index in [4.69, 9.17) is 4.42 Å². The van der Waals surface area contributed by atoms with Gasteiger partial charge in [-0.15, -0.1) is 16.4 Å². The number of nitrogens with zero attached hydrogens (tertiary/aromatic N) is 4. The minimum Gasteiger partial charge on any atom is -0.388 e. The van der Waals surface area contributed by atoms with Crippen LogP contribution in [0.1, 0.15) is 12.6 Å². The maximum atomic E-state index is 14.2. The fourth-order valence-corrected chi connectivity index (χ4v) is 3.65. The zero-order chi connectivity index (χ0) is 21.3. The lowest BCUT2D eigenvalue weighted by atomic mass is 10.2. The van der Waals surface area contributed by atoms with E-state index in [-0.39, 0.29) is 23.3 Å². The van der Waals surface area contributed by atoms with Crippen LogP contribution in [0.25, 0.3) is 11.5 Å². The molecule has 0 aliphatic carbocycles. The Morgan fingerprint density at radius 2 is 1.90 bits per heavy atom. The minimum absolute atomic E-state index is 0.0109. The Balaban J connectivity index is 1.60. The third kappa shape index (κ3) is 3.90. The SMILES string of the molecule is CC(=O)N(c1nc(Cn2nc(-c3ccc(F)cc3)oc2=O)cs1)c1ccccc1F. The summed E-state index contributed by atoms with van der Waals surface area (Å²) >= 11 is 1.13. The summed E-state index contributed by atoms with van der Waals surface area (Å²) in [6.45, 7) is 1.30. The molecule has 0 N–H and O–H groups in total. The molecule has 0 saturated heterocycles. The summed E-state index contributed by atoms with van der Waals surface area (Å²) < 4.78 is 33.4. The first kappa shape index (κ1) is 19.6. The summed E-state index contributed by atoms with van der Waals surface area (Å²) in [5.74, 6) is -2.03. The molecule has 4 aromatic rings.